The van der Waals surface area contributed by atoms with Crippen molar-refractivity contribution in [2.45, 2.75) is 98.7 Å². The van der Waals surface area contributed by atoms with Crippen molar-refractivity contribution in [3.63, 3.8) is 0 Å². The largest absolute Gasteiger partial charge is 0.493 e. The molecule has 0 aromatic heterocycles. The molecule has 0 spiro atoms. The number of nitrogens with zero attached hydrogens (tertiary/aromatic N) is 2. The predicted octanol–water partition coefficient (Wildman–Crippen LogP) is 5.11. The molecule has 10 atom stereocenters. The molecule has 0 aliphatic carbocycles. The minimum absolute atomic E-state index is 0.256. The fourth-order valence-corrected chi connectivity index (χ4v) is 9.20. The van der Waals surface area contributed by atoms with Gasteiger partial charge < -0.3 is 39.7 Å². The molecule has 8 nitrogen and oxygen atoms in total. The van der Waals surface area contributed by atoms with Crippen LogP contribution in [0.1, 0.15) is 61.5 Å². The Labute approximate surface area is 313 Å². The summed E-state index contributed by atoms with van der Waals surface area (Å²) in [5.41, 5.74) is 2.74. The van der Waals surface area contributed by atoms with Crippen LogP contribution in [0.5, 0.6) is 11.5 Å². The molecule has 4 N–H and O–H groups in total. The monoisotopic (exact) mass is 711 g/mol. The zero-order valence-electron chi connectivity index (χ0n) is 32.6. The zero-order valence-corrected chi connectivity index (χ0v) is 32.6. The number of fused-ring (bicyclic) bond motifs is 8. The fourth-order valence-electron chi connectivity index (χ4n) is 9.20. The highest BCUT2D eigenvalue weighted by Gasteiger charge is 2.41. The molecular formula is C44H66N6O2+2. The van der Waals surface area contributed by atoms with E-state index in [4.69, 9.17) is 9.47 Å². The minimum atomic E-state index is 0.256. The van der Waals surface area contributed by atoms with E-state index >= 15 is 0 Å². The molecule has 5 aliphatic rings. The van der Waals surface area contributed by atoms with Crippen molar-refractivity contribution in [2.24, 2.45) is 0 Å². The Morgan fingerprint density at radius 3 is 1.44 bits per heavy atom. The SMILES string of the molecule is C[N+](C)(C)CCCOc1ccc(C2C3C=CC(CC4C=CC(N4)C(c4ccc(OCCC[N+](C)(C)C)cc4)C4CCC(CC5C=CC2N5)N4)N3)cc1. The summed E-state index contributed by atoms with van der Waals surface area (Å²) < 4.78 is 14.2. The lowest BCUT2D eigenvalue weighted by atomic mass is 9.84. The van der Waals surface area contributed by atoms with Crippen LogP contribution in [-0.4, -0.2) is 126 Å². The van der Waals surface area contributed by atoms with Crippen LogP contribution in [0, 0.1) is 0 Å². The molecule has 8 bridgehead atoms. The van der Waals surface area contributed by atoms with Crippen molar-refractivity contribution in [1.82, 2.24) is 21.3 Å². The lowest BCUT2D eigenvalue weighted by molar-refractivity contribution is -0.870. The van der Waals surface area contributed by atoms with Crippen LogP contribution in [0.2, 0.25) is 0 Å². The Bertz CT molecular complexity index is 1540. The van der Waals surface area contributed by atoms with Gasteiger partial charge in [-0.15, -0.1) is 0 Å². The van der Waals surface area contributed by atoms with E-state index in [2.05, 4.69) is 149 Å². The molecule has 7 rings (SSSR count). The molecule has 2 fully saturated rings. The second kappa shape index (κ2) is 16.2. The average molecular weight is 711 g/mol. The number of benzene rings is 2. The van der Waals surface area contributed by atoms with E-state index in [1.54, 1.807) is 0 Å². The van der Waals surface area contributed by atoms with E-state index in [9.17, 15) is 0 Å². The summed E-state index contributed by atoms with van der Waals surface area (Å²) in [4.78, 5) is 0. The van der Waals surface area contributed by atoms with Gasteiger partial charge in [0.1, 0.15) is 11.5 Å². The van der Waals surface area contributed by atoms with Crippen molar-refractivity contribution in [1.29, 1.82) is 0 Å². The summed E-state index contributed by atoms with van der Waals surface area (Å²) in [5, 5.41) is 16.3. The molecule has 2 aromatic rings. The van der Waals surface area contributed by atoms with Gasteiger partial charge in [-0.3, -0.25) is 0 Å². The molecule has 2 aromatic carbocycles. The topological polar surface area (TPSA) is 66.6 Å². The Morgan fingerprint density at radius 2 is 0.962 bits per heavy atom. The van der Waals surface area contributed by atoms with Gasteiger partial charge in [0.15, 0.2) is 0 Å². The molecule has 5 aliphatic heterocycles. The number of ether oxygens (including phenoxy) is 2. The number of quaternary nitrogens is 2. The predicted molar refractivity (Wildman–Crippen MR) is 213 cm³/mol. The van der Waals surface area contributed by atoms with Gasteiger partial charge in [-0.25, -0.2) is 0 Å². The Morgan fingerprint density at radius 1 is 0.519 bits per heavy atom. The van der Waals surface area contributed by atoms with E-state index in [1.807, 2.05) is 0 Å². The van der Waals surface area contributed by atoms with E-state index < -0.39 is 0 Å². The number of nitrogens with one attached hydrogen (secondary N) is 4. The van der Waals surface area contributed by atoms with Gasteiger partial charge in [-0.05, 0) is 61.1 Å². The van der Waals surface area contributed by atoms with Crippen molar-refractivity contribution in [2.75, 3.05) is 68.6 Å². The Hall–Kier alpha value is -2.98. The third-order valence-corrected chi connectivity index (χ3v) is 11.8. The summed E-state index contributed by atoms with van der Waals surface area (Å²) in [5.74, 6) is 2.59. The number of rotatable bonds is 12. The molecule has 10 unspecified atom stereocenters. The Balaban J connectivity index is 1.04. The van der Waals surface area contributed by atoms with Crippen LogP contribution < -0.4 is 30.7 Å². The maximum absolute atomic E-state index is 6.16. The third-order valence-electron chi connectivity index (χ3n) is 11.8. The molecular weight excluding hydrogens is 645 g/mol. The minimum Gasteiger partial charge on any atom is -0.493 e. The average Bonchev–Trinajstić information content (AvgIpc) is 3.93. The fraction of sp³-hybridized carbons (Fsp3) is 0.591. The van der Waals surface area contributed by atoms with Crippen LogP contribution in [-0.2, 0) is 0 Å². The standard InChI is InChI=1S/C44H66N6O2/c1-49(2,3)25-7-27-51-37-17-9-31(10-18-37)43-39-21-13-33(45-39)29-35-15-23-41(47-35)44(42-24-16-36(48-42)30-34-14-22-40(43)46-34)32-11-19-38(20-12-32)52-28-8-26-50(4,5)6/h9-15,17-23,33-36,39-48H,7-8,16,24-30H2,1-6H3/q+2. The van der Waals surface area contributed by atoms with E-state index in [1.165, 1.54) is 24.0 Å². The van der Waals surface area contributed by atoms with Crippen LogP contribution in [0.3, 0.4) is 0 Å². The normalized spacial score (nSPS) is 32.8. The quantitative estimate of drug-likeness (QED) is 0.140. The van der Waals surface area contributed by atoms with Crippen LogP contribution >= 0.6 is 0 Å². The summed E-state index contributed by atoms with van der Waals surface area (Å²) in [6.07, 6.45) is 21.3. The second-order valence-corrected chi connectivity index (χ2v) is 18.2. The second-order valence-electron chi connectivity index (χ2n) is 18.2. The van der Waals surface area contributed by atoms with Gasteiger partial charge in [0.05, 0.1) is 68.6 Å². The van der Waals surface area contributed by atoms with Crippen LogP contribution in [0.4, 0.5) is 0 Å². The third kappa shape index (κ3) is 9.76. The maximum atomic E-state index is 6.16. The van der Waals surface area contributed by atoms with Gasteiger partial charge in [0, 0.05) is 73.0 Å². The van der Waals surface area contributed by atoms with Gasteiger partial charge >= 0.3 is 0 Å². The highest BCUT2D eigenvalue weighted by molar-refractivity contribution is 5.37. The lowest BCUT2D eigenvalue weighted by Gasteiger charge is -2.33. The van der Waals surface area contributed by atoms with E-state index in [0.29, 0.717) is 48.1 Å². The molecule has 0 radical (unpaired) electrons. The van der Waals surface area contributed by atoms with Gasteiger partial charge in [-0.2, -0.15) is 0 Å². The smallest absolute Gasteiger partial charge is 0.119 e. The summed E-state index contributed by atoms with van der Waals surface area (Å²) >= 11 is 0. The summed E-state index contributed by atoms with van der Waals surface area (Å²) in [6.45, 7) is 3.72. The zero-order chi connectivity index (χ0) is 36.3. The first kappa shape index (κ1) is 37.3. The first-order chi connectivity index (χ1) is 25.0. The highest BCUT2D eigenvalue weighted by Crippen LogP contribution is 2.37. The molecule has 0 saturated carbocycles. The molecule has 5 heterocycles. The van der Waals surface area contributed by atoms with Crippen LogP contribution in [0.15, 0.2) is 85.0 Å². The summed E-state index contributed by atoms with van der Waals surface area (Å²) in [7, 11) is 13.4. The molecule has 8 heteroatoms. The van der Waals surface area contributed by atoms with Crippen molar-refractivity contribution in [3.05, 3.63) is 96.1 Å². The van der Waals surface area contributed by atoms with E-state index in [0.717, 1.165) is 72.5 Å². The summed E-state index contributed by atoms with van der Waals surface area (Å²) in [6, 6.07) is 20.7. The number of hydrogen-bond donors (Lipinski definition) is 4. The van der Waals surface area contributed by atoms with Crippen molar-refractivity contribution >= 4 is 0 Å². The molecule has 2 saturated heterocycles. The first-order valence-corrected chi connectivity index (χ1v) is 20.1. The highest BCUT2D eigenvalue weighted by atomic mass is 16.5. The van der Waals surface area contributed by atoms with Gasteiger partial charge in [0.2, 0.25) is 0 Å². The molecule has 52 heavy (non-hydrogen) atoms. The molecule has 0 amide bonds. The Kier molecular flexibility index (Phi) is 11.6. The number of hydrogen-bond acceptors (Lipinski definition) is 6. The van der Waals surface area contributed by atoms with Gasteiger partial charge in [0.25, 0.3) is 0 Å². The van der Waals surface area contributed by atoms with Crippen LogP contribution in [0.25, 0.3) is 0 Å². The maximum Gasteiger partial charge on any atom is 0.119 e. The lowest BCUT2D eigenvalue weighted by Crippen LogP contribution is -2.48. The van der Waals surface area contributed by atoms with Gasteiger partial charge in [-0.1, -0.05) is 60.7 Å². The first-order valence-electron chi connectivity index (χ1n) is 20.1. The molecule has 282 valence electrons. The van der Waals surface area contributed by atoms with Crippen molar-refractivity contribution < 1.29 is 18.4 Å². The van der Waals surface area contributed by atoms with E-state index in [-0.39, 0.29) is 12.1 Å². The van der Waals surface area contributed by atoms with Crippen molar-refractivity contribution in [3.8, 4) is 11.5 Å².